The number of aliphatic imine (C=N–C) groups is 1. The van der Waals surface area contributed by atoms with E-state index in [4.69, 9.17) is 33.2 Å². The Balaban J connectivity index is 1.98. The van der Waals surface area contributed by atoms with Gasteiger partial charge in [-0.05, 0) is 42.0 Å². The van der Waals surface area contributed by atoms with Gasteiger partial charge in [0.15, 0.2) is 5.70 Å². The second kappa shape index (κ2) is 6.25. The van der Waals surface area contributed by atoms with Gasteiger partial charge in [-0.15, -0.1) is 0 Å². The molecule has 6 heteroatoms. The van der Waals surface area contributed by atoms with Crippen molar-refractivity contribution in [2.75, 3.05) is 0 Å². The molecule has 0 unspecified atom stereocenters. The van der Waals surface area contributed by atoms with Crippen LogP contribution in [0.5, 0.6) is 0 Å². The van der Waals surface area contributed by atoms with Crippen molar-refractivity contribution in [1.82, 2.24) is 0 Å². The molecule has 2 aromatic carbocycles. The standard InChI is InChI=1S/C17H8Cl2N2O2/c18-12-4-5-13(14(19)8-12)16-21-15(17(22)23-16)7-10-2-1-3-11(6-10)9-20/h1-8H. The van der Waals surface area contributed by atoms with Crippen LogP contribution in [0.15, 0.2) is 53.2 Å². The monoisotopic (exact) mass is 342 g/mol. The van der Waals surface area contributed by atoms with Crippen molar-refractivity contribution < 1.29 is 9.53 Å². The smallest absolute Gasteiger partial charge is 0.363 e. The second-order valence-electron chi connectivity index (χ2n) is 4.70. The molecule has 1 aliphatic rings. The summed E-state index contributed by atoms with van der Waals surface area (Å²) in [4.78, 5) is 16.1. The molecular formula is C17H8Cl2N2O2. The number of hydrogen-bond donors (Lipinski definition) is 0. The Morgan fingerprint density at radius 3 is 2.74 bits per heavy atom. The third-order valence-corrected chi connectivity index (χ3v) is 3.65. The number of nitrogens with zero attached hydrogens (tertiary/aromatic N) is 2. The average molecular weight is 343 g/mol. The van der Waals surface area contributed by atoms with Crippen LogP contribution in [0.25, 0.3) is 6.08 Å². The van der Waals surface area contributed by atoms with E-state index in [9.17, 15) is 4.79 Å². The summed E-state index contributed by atoms with van der Waals surface area (Å²) in [6, 6.07) is 13.7. The van der Waals surface area contributed by atoms with Gasteiger partial charge in [-0.25, -0.2) is 9.79 Å². The summed E-state index contributed by atoms with van der Waals surface area (Å²) in [7, 11) is 0. The molecule has 0 atom stereocenters. The first-order chi connectivity index (χ1) is 11.1. The largest absolute Gasteiger partial charge is 0.402 e. The Labute approximate surface area is 142 Å². The number of cyclic esters (lactones) is 1. The third kappa shape index (κ3) is 3.26. The van der Waals surface area contributed by atoms with Gasteiger partial charge in [0.05, 0.1) is 22.2 Å². The van der Waals surface area contributed by atoms with Gasteiger partial charge in [0, 0.05) is 5.02 Å². The van der Waals surface area contributed by atoms with Gasteiger partial charge in [-0.2, -0.15) is 5.26 Å². The fraction of sp³-hybridized carbons (Fsp3) is 0. The van der Waals surface area contributed by atoms with E-state index in [2.05, 4.69) is 4.99 Å². The lowest BCUT2D eigenvalue weighted by molar-refractivity contribution is -0.129. The molecule has 0 N–H and O–H groups in total. The minimum atomic E-state index is -0.576. The van der Waals surface area contributed by atoms with Gasteiger partial charge >= 0.3 is 5.97 Å². The number of hydrogen-bond acceptors (Lipinski definition) is 4. The topological polar surface area (TPSA) is 62.4 Å². The predicted molar refractivity (Wildman–Crippen MR) is 88.2 cm³/mol. The second-order valence-corrected chi connectivity index (χ2v) is 5.54. The molecule has 0 saturated carbocycles. The zero-order valence-electron chi connectivity index (χ0n) is 11.6. The summed E-state index contributed by atoms with van der Waals surface area (Å²) >= 11 is 11.9. The summed E-state index contributed by atoms with van der Waals surface area (Å²) in [5, 5.41) is 9.73. The van der Waals surface area contributed by atoms with Gasteiger partial charge < -0.3 is 4.74 Å². The summed E-state index contributed by atoms with van der Waals surface area (Å²) < 4.78 is 5.16. The first kappa shape index (κ1) is 15.3. The maximum absolute atomic E-state index is 12.0. The molecule has 0 aliphatic carbocycles. The summed E-state index contributed by atoms with van der Waals surface area (Å²) in [6.07, 6.45) is 1.56. The summed E-state index contributed by atoms with van der Waals surface area (Å²) in [6.45, 7) is 0. The lowest BCUT2D eigenvalue weighted by Crippen LogP contribution is -2.05. The zero-order valence-corrected chi connectivity index (χ0v) is 13.1. The minimum Gasteiger partial charge on any atom is -0.402 e. The Bertz CT molecular complexity index is 911. The van der Waals surface area contributed by atoms with Crippen LogP contribution in [-0.4, -0.2) is 11.9 Å². The lowest BCUT2D eigenvalue weighted by Gasteiger charge is -2.02. The van der Waals surface area contributed by atoms with E-state index in [1.54, 1.807) is 48.5 Å². The first-order valence-electron chi connectivity index (χ1n) is 6.55. The van der Waals surface area contributed by atoms with Crippen molar-refractivity contribution in [2.45, 2.75) is 0 Å². The highest BCUT2D eigenvalue weighted by Gasteiger charge is 2.25. The van der Waals surface area contributed by atoms with Crippen molar-refractivity contribution in [2.24, 2.45) is 4.99 Å². The number of nitriles is 1. The van der Waals surface area contributed by atoms with Crippen LogP contribution >= 0.6 is 23.2 Å². The van der Waals surface area contributed by atoms with E-state index in [0.29, 0.717) is 26.7 Å². The van der Waals surface area contributed by atoms with E-state index in [-0.39, 0.29) is 11.6 Å². The van der Waals surface area contributed by atoms with E-state index in [0.717, 1.165) is 0 Å². The molecule has 0 fully saturated rings. The number of carbonyl (C=O) groups is 1. The quantitative estimate of drug-likeness (QED) is 0.606. The third-order valence-electron chi connectivity index (χ3n) is 3.10. The molecule has 0 amide bonds. The van der Waals surface area contributed by atoms with Gasteiger partial charge in [-0.1, -0.05) is 35.3 Å². The number of halogens is 2. The molecule has 112 valence electrons. The predicted octanol–water partition coefficient (Wildman–Crippen LogP) is 4.21. The first-order valence-corrected chi connectivity index (χ1v) is 7.30. The fourth-order valence-electron chi connectivity index (χ4n) is 2.04. The van der Waals surface area contributed by atoms with E-state index < -0.39 is 5.97 Å². The zero-order chi connectivity index (χ0) is 16.4. The fourth-order valence-corrected chi connectivity index (χ4v) is 2.53. The van der Waals surface area contributed by atoms with Crippen molar-refractivity contribution >= 4 is 41.1 Å². The van der Waals surface area contributed by atoms with Crippen LogP contribution < -0.4 is 0 Å². The highest BCUT2D eigenvalue weighted by Crippen LogP contribution is 2.26. The Hall–Kier alpha value is -2.61. The minimum absolute atomic E-state index is 0.124. The summed E-state index contributed by atoms with van der Waals surface area (Å²) in [5.74, 6) is -0.451. The van der Waals surface area contributed by atoms with Crippen LogP contribution in [0.1, 0.15) is 16.7 Å². The molecule has 1 heterocycles. The summed E-state index contributed by atoms with van der Waals surface area (Å²) in [5.41, 5.74) is 1.80. The normalized spacial score (nSPS) is 15.3. The van der Waals surface area contributed by atoms with Crippen molar-refractivity contribution in [3.63, 3.8) is 0 Å². The number of ether oxygens (including phenoxy) is 1. The maximum atomic E-state index is 12.0. The Morgan fingerprint density at radius 2 is 2.00 bits per heavy atom. The van der Waals surface area contributed by atoms with Gasteiger partial charge in [0.1, 0.15) is 0 Å². The van der Waals surface area contributed by atoms with Crippen molar-refractivity contribution in [1.29, 1.82) is 5.26 Å². The molecule has 0 saturated heterocycles. The average Bonchev–Trinajstić information content (AvgIpc) is 2.88. The van der Waals surface area contributed by atoms with Crippen LogP contribution in [0.2, 0.25) is 10.0 Å². The van der Waals surface area contributed by atoms with Gasteiger partial charge in [0.2, 0.25) is 5.90 Å². The Kier molecular flexibility index (Phi) is 4.16. The molecule has 0 aromatic heterocycles. The number of benzene rings is 2. The molecule has 1 aliphatic heterocycles. The molecule has 0 radical (unpaired) electrons. The van der Waals surface area contributed by atoms with Crippen molar-refractivity contribution in [3.8, 4) is 6.07 Å². The van der Waals surface area contributed by atoms with Gasteiger partial charge in [0.25, 0.3) is 0 Å². The molecule has 0 bridgehead atoms. The molecule has 4 nitrogen and oxygen atoms in total. The highest BCUT2D eigenvalue weighted by atomic mass is 35.5. The molecule has 2 aromatic rings. The van der Waals surface area contributed by atoms with Crippen LogP contribution in [0.4, 0.5) is 0 Å². The Morgan fingerprint density at radius 1 is 1.17 bits per heavy atom. The van der Waals surface area contributed by atoms with Crippen LogP contribution in [0.3, 0.4) is 0 Å². The van der Waals surface area contributed by atoms with E-state index in [1.165, 1.54) is 0 Å². The molecule has 0 spiro atoms. The van der Waals surface area contributed by atoms with Crippen LogP contribution in [0, 0.1) is 11.3 Å². The number of rotatable bonds is 2. The lowest BCUT2D eigenvalue weighted by atomic mass is 10.1. The molecular weight excluding hydrogens is 335 g/mol. The van der Waals surface area contributed by atoms with Crippen LogP contribution in [-0.2, 0) is 9.53 Å². The molecule has 23 heavy (non-hydrogen) atoms. The van der Waals surface area contributed by atoms with E-state index in [1.807, 2.05) is 6.07 Å². The maximum Gasteiger partial charge on any atom is 0.363 e. The number of esters is 1. The van der Waals surface area contributed by atoms with E-state index >= 15 is 0 Å². The van der Waals surface area contributed by atoms with Gasteiger partial charge in [-0.3, -0.25) is 0 Å². The highest BCUT2D eigenvalue weighted by molar-refractivity contribution is 6.37. The molecule has 3 rings (SSSR count). The SMILES string of the molecule is N#Cc1cccc(C=C2N=C(c3ccc(Cl)cc3Cl)OC2=O)c1. The number of carbonyl (C=O) groups excluding carboxylic acids is 1. The van der Waals surface area contributed by atoms with Crippen molar-refractivity contribution in [3.05, 3.63) is 74.9 Å².